The molecule has 0 radical (unpaired) electrons. The first kappa shape index (κ1) is 9.96. The van der Waals surface area contributed by atoms with Gasteiger partial charge in [0.1, 0.15) is 0 Å². The zero-order valence-corrected chi connectivity index (χ0v) is 8.20. The van der Waals surface area contributed by atoms with Gasteiger partial charge in [-0.2, -0.15) is 9.37 Å². The Morgan fingerprint density at radius 2 is 2.08 bits per heavy atom. The first-order valence-corrected chi connectivity index (χ1v) is 4.66. The fraction of sp³-hybridized carbons (Fsp3) is 0.600. The molecule has 1 fully saturated rings. The summed E-state index contributed by atoms with van der Waals surface area (Å²) in [5.74, 6) is 0.742. The molecule has 0 aromatic heterocycles. The molecule has 0 spiro atoms. The molecule has 0 N–H and O–H groups in total. The number of urea groups is 1. The van der Waals surface area contributed by atoms with Crippen LogP contribution < -0.4 is 0 Å². The van der Waals surface area contributed by atoms with E-state index >= 15 is 0 Å². The molecule has 1 saturated heterocycles. The van der Waals surface area contributed by atoms with Crippen molar-refractivity contribution in [2.45, 2.75) is 19.8 Å². The van der Waals surface area contributed by atoms with Crippen molar-refractivity contribution >= 4 is 12.7 Å². The number of carbonyl (C=O) groups is 1. The lowest BCUT2D eigenvalue weighted by Crippen LogP contribution is -2.40. The Kier molecular flexibility index (Phi) is 3.23. The lowest BCUT2D eigenvalue weighted by atomic mass is 10.00. The SMILES string of the molecule is C=C[N+](=C)C(=O)N1CCC(C)CC1. The molecule has 1 aliphatic heterocycles. The van der Waals surface area contributed by atoms with Crippen LogP contribution in [0.3, 0.4) is 0 Å². The predicted molar refractivity (Wildman–Crippen MR) is 52.9 cm³/mol. The van der Waals surface area contributed by atoms with Crippen molar-refractivity contribution in [2.24, 2.45) is 5.92 Å². The van der Waals surface area contributed by atoms with Crippen LogP contribution in [0.2, 0.25) is 0 Å². The first-order valence-electron chi connectivity index (χ1n) is 4.66. The van der Waals surface area contributed by atoms with Crippen molar-refractivity contribution in [1.82, 2.24) is 4.90 Å². The van der Waals surface area contributed by atoms with E-state index in [1.165, 1.54) is 10.8 Å². The van der Waals surface area contributed by atoms with Gasteiger partial charge in [0.15, 0.2) is 0 Å². The molecule has 0 unspecified atom stereocenters. The fourth-order valence-corrected chi connectivity index (χ4v) is 1.46. The quantitative estimate of drug-likeness (QED) is 0.446. The number of likely N-dealkylation sites (tertiary alicyclic amines) is 1. The molecule has 3 nitrogen and oxygen atoms in total. The van der Waals surface area contributed by atoms with Crippen LogP contribution in [0.25, 0.3) is 0 Å². The van der Waals surface area contributed by atoms with Crippen LogP contribution >= 0.6 is 0 Å². The van der Waals surface area contributed by atoms with Gasteiger partial charge in [-0.05, 0) is 18.8 Å². The zero-order valence-electron chi connectivity index (χ0n) is 8.20. The maximum atomic E-state index is 11.6. The van der Waals surface area contributed by atoms with E-state index in [0.29, 0.717) is 0 Å². The van der Waals surface area contributed by atoms with Gasteiger partial charge >= 0.3 is 6.03 Å². The van der Waals surface area contributed by atoms with Gasteiger partial charge in [-0.1, -0.05) is 13.5 Å². The number of piperidine rings is 1. The number of hydrogen-bond donors (Lipinski definition) is 0. The van der Waals surface area contributed by atoms with Gasteiger partial charge in [-0.15, -0.1) is 0 Å². The largest absolute Gasteiger partial charge is 0.497 e. The van der Waals surface area contributed by atoms with Crippen LogP contribution in [0.5, 0.6) is 0 Å². The molecule has 2 amide bonds. The summed E-state index contributed by atoms with van der Waals surface area (Å²) in [5, 5.41) is 0. The van der Waals surface area contributed by atoms with Gasteiger partial charge < -0.3 is 0 Å². The predicted octanol–water partition coefficient (Wildman–Crippen LogP) is 1.69. The van der Waals surface area contributed by atoms with Crippen molar-refractivity contribution in [3.8, 4) is 0 Å². The van der Waals surface area contributed by atoms with Gasteiger partial charge in [0.05, 0.1) is 26.0 Å². The molecular weight excluding hydrogens is 164 g/mol. The summed E-state index contributed by atoms with van der Waals surface area (Å²) in [6.45, 7) is 11.0. The molecule has 1 aliphatic rings. The Morgan fingerprint density at radius 3 is 2.54 bits per heavy atom. The summed E-state index contributed by atoms with van der Waals surface area (Å²) in [7, 11) is 0. The number of carbonyl (C=O) groups excluding carboxylic acids is 1. The first-order chi connectivity index (χ1) is 6.15. The number of amides is 2. The lowest BCUT2D eigenvalue weighted by molar-refractivity contribution is -0.351. The van der Waals surface area contributed by atoms with Crippen molar-refractivity contribution in [2.75, 3.05) is 13.1 Å². The second kappa shape index (κ2) is 4.21. The van der Waals surface area contributed by atoms with E-state index in [2.05, 4.69) is 20.2 Å². The molecule has 3 heteroatoms. The van der Waals surface area contributed by atoms with Crippen molar-refractivity contribution in [3.05, 3.63) is 12.8 Å². The molecular formula is C10H17N2O+. The topological polar surface area (TPSA) is 23.3 Å². The highest BCUT2D eigenvalue weighted by Gasteiger charge is 2.27. The number of nitrogens with zero attached hydrogens (tertiary/aromatic N) is 2. The standard InChI is InChI=1S/C10H17N2O/c1-4-11(3)10(13)12-7-5-9(2)6-8-12/h4,9H,1,3,5-8H2,2H3/q+1. The highest BCUT2D eigenvalue weighted by atomic mass is 16.2. The molecule has 1 heterocycles. The Labute approximate surface area is 79.4 Å². The van der Waals surface area contributed by atoms with Gasteiger partial charge in [0, 0.05) is 0 Å². The van der Waals surface area contributed by atoms with Crippen molar-refractivity contribution in [3.63, 3.8) is 0 Å². The lowest BCUT2D eigenvalue weighted by Gasteiger charge is -2.23. The Morgan fingerprint density at radius 1 is 1.54 bits per heavy atom. The summed E-state index contributed by atoms with van der Waals surface area (Å²) in [4.78, 5) is 13.4. The van der Waals surface area contributed by atoms with E-state index in [1.54, 1.807) is 0 Å². The molecule has 13 heavy (non-hydrogen) atoms. The van der Waals surface area contributed by atoms with E-state index in [9.17, 15) is 4.79 Å². The third kappa shape index (κ3) is 2.41. The maximum absolute atomic E-state index is 11.6. The number of rotatable bonds is 1. The highest BCUT2D eigenvalue weighted by molar-refractivity contribution is 5.67. The molecule has 72 valence electrons. The Balaban J connectivity index is 2.49. The van der Waals surface area contributed by atoms with Crippen LogP contribution in [0.4, 0.5) is 4.79 Å². The molecule has 0 aromatic carbocycles. The Hall–Kier alpha value is -1.12. The van der Waals surface area contributed by atoms with E-state index in [4.69, 9.17) is 0 Å². The Bertz CT molecular complexity index is 227. The highest BCUT2D eigenvalue weighted by Crippen LogP contribution is 2.16. The summed E-state index contributed by atoms with van der Waals surface area (Å²) in [6, 6.07) is -0.0399. The molecule has 0 aliphatic carbocycles. The summed E-state index contributed by atoms with van der Waals surface area (Å²) < 4.78 is 1.29. The third-order valence-corrected chi connectivity index (χ3v) is 2.52. The van der Waals surface area contributed by atoms with Crippen LogP contribution in [-0.2, 0) is 0 Å². The van der Waals surface area contributed by atoms with Crippen LogP contribution in [0.15, 0.2) is 12.8 Å². The van der Waals surface area contributed by atoms with E-state index < -0.39 is 0 Å². The fourth-order valence-electron chi connectivity index (χ4n) is 1.46. The van der Waals surface area contributed by atoms with Crippen LogP contribution in [0, 0.1) is 5.92 Å². The van der Waals surface area contributed by atoms with E-state index in [-0.39, 0.29) is 6.03 Å². The summed E-state index contributed by atoms with van der Waals surface area (Å²) >= 11 is 0. The minimum absolute atomic E-state index is 0.0399. The van der Waals surface area contributed by atoms with E-state index in [0.717, 1.165) is 31.8 Å². The average molecular weight is 181 g/mol. The molecule has 0 atom stereocenters. The van der Waals surface area contributed by atoms with Crippen molar-refractivity contribution < 1.29 is 9.37 Å². The maximum Gasteiger partial charge on any atom is 0.497 e. The average Bonchev–Trinajstić information content (AvgIpc) is 2.17. The van der Waals surface area contributed by atoms with Gasteiger partial charge in [0.25, 0.3) is 0 Å². The van der Waals surface area contributed by atoms with Crippen LogP contribution in [0.1, 0.15) is 19.8 Å². The molecule has 1 rings (SSSR count). The van der Waals surface area contributed by atoms with Gasteiger partial charge in [0.2, 0.25) is 0 Å². The smallest absolute Gasteiger partial charge is 0.225 e. The summed E-state index contributed by atoms with van der Waals surface area (Å²) in [5.41, 5.74) is 0. The van der Waals surface area contributed by atoms with E-state index in [1.807, 2.05) is 4.90 Å². The minimum Gasteiger partial charge on any atom is -0.225 e. The molecule has 0 saturated carbocycles. The third-order valence-electron chi connectivity index (χ3n) is 2.52. The molecule has 0 bridgehead atoms. The second-order valence-corrected chi connectivity index (χ2v) is 3.60. The molecule has 0 aromatic rings. The summed E-state index contributed by atoms with van der Waals surface area (Å²) in [6.07, 6.45) is 3.63. The monoisotopic (exact) mass is 181 g/mol. The minimum atomic E-state index is -0.0399. The van der Waals surface area contributed by atoms with Gasteiger partial charge in [-0.25, -0.2) is 4.90 Å². The normalized spacial score (nSPS) is 18.4. The number of hydrogen-bond acceptors (Lipinski definition) is 1. The second-order valence-electron chi connectivity index (χ2n) is 3.60. The van der Waals surface area contributed by atoms with Crippen LogP contribution in [-0.4, -0.2) is 35.3 Å². The van der Waals surface area contributed by atoms with Gasteiger partial charge in [-0.3, -0.25) is 0 Å². The van der Waals surface area contributed by atoms with Crippen molar-refractivity contribution in [1.29, 1.82) is 0 Å². The zero-order chi connectivity index (χ0) is 9.84.